The van der Waals surface area contributed by atoms with E-state index in [9.17, 15) is 4.79 Å². The SMILES string of the molecule is CCCC(CCC)C(=O)NCc1cccnc1. The van der Waals surface area contributed by atoms with Gasteiger partial charge in [-0.1, -0.05) is 32.8 Å². The maximum atomic E-state index is 12.0. The molecule has 1 aromatic heterocycles. The van der Waals surface area contributed by atoms with Crippen molar-refractivity contribution >= 4 is 5.91 Å². The van der Waals surface area contributed by atoms with Gasteiger partial charge in [0.15, 0.2) is 0 Å². The molecule has 1 aromatic rings. The van der Waals surface area contributed by atoms with Gasteiger partial charge >= 0.3 is 0 Å². The van der Waals surface area contributed by atoms with Crippen molar-refractivity contribution in [3.05, 3.63) is 30.1 Å². The summed E-state index contributed by atoms with van der Waals surface area (Å²) in [5.74, 6) is 0.347. The van der Waals surface area contributed by atoms with E-state index in [2.05, 4.69) is 24.1 Å². The quantitative estimate of drug-likeness (QED) is 0.788. The Morgan fingerprint density at radius 1 is 1.35 bits per heavy atom. The average molecular weight is 234 g/mol. The summed E-state index contributed by atoms with van der Waals surface area (Å²) in [6, 6.07) is 3.86. The highest BCUT2D eigenvalue weighted by Crippen LogP contribution is 2.13. The van der Waals surface area contributed by atoms with E-state index in [1.807, 2.05) is 12.1 Å². The smallest absolute Gasteiger partial charge is 0.223 e. The van der Waals surface area contributed by atoms with Crippen LogP contribution in [0.2, 0.25) is 0 Å². The molecule has 0 saturated heterocycles. The summed E-state index contributed by atoms with van der Waals surface area (Å²) in [7, 11) is 0. The van der Waals surface area contributed by atoms with Crippen molar-refractivity contribution in [2.24, 2.45) is 5.92 Å². The summed E-state index contributed by atoms with van der Waals surface area (Å²) in [6.45, 7) is 4.82. The fraction of sp³-hybridized carbons (Fsp3) is 0.571. The van der Waals surface area contributed by atoms with Crippen molar-refractivity contribution in [2.45, 2.75) is 46.1 Å². The molecule has 1 N–H and O–H groups in total. The van der Waals surface area contributed by atoms with Gasteiger partial charge in [-0.3, -0.25) is 9.78 Å². The van der Waals surface area contributed by atoms with Gasteiger partial charge in [0.1, 0.15) is 0 Å². The van der Waals surface area contributed by atoms with Crippen LogP contribution in [0.4, 0.5) is 0 Å². The van der Waals surface area contributed by atoms with Crippen LogP contribution in [0, 0.1) is 5.92 Å². The minimum absolute atomic E-state index is 0.168. The zero-order valence-electron chi connectivity index (χ0n) is 10.8. The highest BCUT2D eigenvalue weighted by atomic mass is 16.1. The predicted octanol–water partition coefficient (Wildman–Crippen LogP) is 2.91. The van der Waals surface area contributed by atoms with Gasteiger partial charge in [0.05, 0.1) is 0 Å². The number of hydrogen-bond acceptors (Lipinski definition) is 2. The maximum Gasteiger partial charge on any atom is 0.223 e. The molecule has 0 aliphatic carbocycles. The van der Waals surface area contributed by atoms with E-state index in [4.69, 9.17) is 0 Å². The topological polar surface area (TPSA) is 42.0 Å². The first kappa shape index (κ1) is 13.7. The molecule has 0 radical (unpaired) electrons. The second-order valence-corrected chi connectivity index (χ2v) is 4.35. The lowest BCUT2D eigenvalue weighted by Gasteiger charge is -2.15. The molecule has 0 spiro atoms. The first-order chi connectivity index (χ1) is 8.27. The number of carbonyl (C=O) groups is 1. The fourth-order valence-corrected chi connectivity index (χ4v) is 1.94. The van der Waals surface area contributed by atoms with Crippen LogP contribution in [-0.4, -0.2) is 10.9 Å². The Labute approximate surface area is 104 Å². The minimum atomic E-state index is 0.168. The van der Waals surface area contributed by atoms with Crippen LogP contribution in [0.15, 0.2) is 24.5 Å². The Hall–Kier alpha value is -1.38. The molecule has 0 aliphatic rings. The van der Waals surface area contributed by atoms with Crippen LogP contribution in [0.3, 0.4) is 0 Å². The molecule has 0 fully saturated rings. The standard InChI is InChI=1S/C14H22N2O/c1-3-6-13(7-4-2)14(17)16-11-12-8-5-9-15-10-12/h5,8-10,13H,3-4,6-7,11H2,1-2H3,(H,16,17). The average Bonchev–Trinajstić information content (AvgIpc) is 2.37. The monoisotopic (exact) mass is 234 g/mol. The molecule has 94 valence electrons. The molecule has 17 heavy (non-hydrogen) atoms. The van der Waals surface area contributed by atoms with Crippen molar-refractivity contribution in [3.8, 4) is 0 Å². The molecule has 3 nitrogen and oxygen atoms in total. The Balaban J connectivity index is 2.41. The van der Waals surface area contributed by atoms with Crippen molar-refractivity contribution in [1.82, 2.24) is 10.3 Å². The maximum absolute atomic E-state index is 12.0. The van der Waals surface area contributed by atoms with Crippen molar-refractivity contribution in [1.29, 1.82) is 0 Å². The Morgan fingerprint density at radius 3 is 2.59 bits per heavy atom. The lowest BCUT2D eigenvalue weighted by atomic mass is 9.97. The van der Waals surface area contributed by atoms with Crippen LogP contribution in [0.1, 0.15) is 45.1 Å². The van der Waals surface area contributed by atoms with E-state index < -0.39 is 0 Å². The van der Waals surface area contributed by atoms with E-state index in [0.717, 1.165) is 31.2 Å². The number of nitrogens with one attached hydrogen (secondary N) is 1. The lowest BCUT2D eigenvalue weighted by molar-refractivity contribution is -0.125. The number of pyridine rings is 1. The molecule has 3 heteroatoms. The Kier molecular flexibility index (Phi) is 6.30. The number of aromatic nitrogens is 1. The Bertz CT molecular complexity index is 318. The molecule has 0 aromatic carbocycles. The van der Waals surface area contributed by atoms with Gasteiger partial charge in [-0.2, -0.15) is 0 Å². The van der Waals surface area contributed by atoms with Crippen molar-refractivity contribution in [3.63, 3.8) is 0 Å². The zero-order valence-corrected chi connectivity index (χ0v) is 10.8. The minimum Gasteiger partial charge on any atom is -0.352 e. The predicted molar refractivity (Wildman–Crippen MR) is 69.4 cm³/mol. The second kappa shape index (κ2) is 7.82. The van der Waals surface area contributed by atoms with Crippen LogP contribution in [-0.2, 0) is 11.3 Å². The molecule has 1 amide bonds. The van der Waals surface area contributed by atoms with E-state index in [1.165, 1.54) is 0 Å². The van der Waals surface area contributed by atoms with Crippen LogP contribution in [0.5, 0.6) is 0 Å². The third-order valence-corrected chi connectivity index (χ3v) is 2.83. The van der Waals surface area contributed by atoms with Gasteiger partial charge < -0.3 is 5.32 Å². The van der Waals surface area contributed by atoms with Gasteiger partial charge in [-0.05, 0) is 24.5 Å². The normalized spacial score (nSPS) is 10.5. The van der Waals surface area contributed by atoms with Crippen LogP contribution < -0.4 is 5.32 Å². The molecule has 1 rings (SSSR count). The van der Waals surface area contributed by atoms with E-state index >= 15 is 0 Å². The third kappa shape index (κ3) is 4.98. The van der Waals surface area contributed by atoms with Crippen LogP contribution >= 0.6 is 0 Å². The molecular formula is C14H22N2O. The number of amides is 1. The molecule has 0 atom stereocenters. The molecular weight excluding hydrogens is 212 g/mol. The number of hydrogen-bond donors (Lipinski definition) is 1. The Morgan fingerprint density at radius 2 is 2.06 bits per heavy atom. The van der Waals surface area contributed by atoms with E-state index in [0.29, 0.717) is 6.54 Å². The molecule has 0 saturated carbocycles. The van der Waals surface area contributed by atoms with Gasteiger partial charge in [-0.25, -0.2) is 0 Å². The fourth-order valence-electron chi connectivity index (χ4n) is 1.94. The van der Waals surface area contributed by atoms with Gasteiger partial charge in [0.2, 0.25) is 5.91 Å². The lowest BCUT2D eigenvalue weighted by Crippen LogP contribution is -2.30. The summed E-state index contributed by atoms with van der Waals surface area (Å²) < 4.78 is 0. The first-order valence-electron chi connectivity index (χ1n) is 6.44. The largest absolute Gasteiger partial charge is 0.352 e. The number of nitrogens with zero attached hydrogens (tertiary/aromatic N) is 1. The van der Waals surface area contributed by atoms with E-state index in [1.54, 1.807) is 12.4 Å². The summed E-state index contributed by atoms with van der Waals surface area (Å²) >= 11 is 0. The second-order valence-electron chi connectivity index (χ2n) is 4.35. The van der Waals surface area contributed by atoms with Crippen molar-refractivity contribution in [2.75, 3.05) is 0 Å². The van der Waals surface area contributed by atoms with Crippen LogP contribution in [0.25, 0.3) is 0 Å². The van der Waals surface area contributed by atoms with Crippen molar-refractivity contribution < 1.29 is 4.79 Å². The highest BCUT2D eigenvalue weighted by Gasteiger charge is 2.15. The van der Waals surface area contributed by atoms with Gasteiger partial charge in [0, 0.05) is 24.9 Å². The summed E-state index contributed by atoms with van der Waals surface area (Å²) in [4.78, 5) is 16.0. The van der Waals surface area contributed by atoms with Gasteiger partial charge in [0.25, 0.3) is 0 Å². The third-order valence-electron chi connectivity index (χ3n) is 2.83. The first-order valence-corrected chi connectivity index (χ1v) is 6.44. The number of carbonyl (C=O) groups excluding carboxylic acids is 1. The highest BCUT2D eigenvalue weighted by molar-refractivity contribution is 5.78. The zero-order chi connectivity index (χ0) is 12.5. The van der Waals surface area contributed by atoms with E-state index in [-0.39, 0.29) is 11.8 Å². The molecule has 0 unspecified atom stereocenters. The summed E-state index contributed by atoms with van der Waals surface area (Å²) in [5.41, 5.74) is 1.05. The van der Waals surface area contributed by atoms with Gasteiger partial charge in [-0.15, -0.1) is 0 Å². The summed E-state index contributed by atoms with van der Waals surface area (Å²) in [6.07, 6.45) is 7.60. The molecule has 0 bridgehead atoms. The summed E-state index contributed by atoms with van der Waals surface area (Å²) in [5, 5.41) is 2.99. The molecule has 1 heterocycles. The molecule has 0 aliphatic heterocycles. The number of rotatable bonds is 7.